The quantitative estimate of drug-likeness (QED) is 0.182. The maximum Gasteiger partial charge on any atom is 0.168 e. The van der Waals surface area contributed by atoms with Gasteiger partial charge in [-0.2, -0.15) is 0 Å². The minimum atomic E-state index is -1.32. The topological polar surface area (TPSA) is 157 Å². The first-order chi connectivity index (χ1) is 12.4. The first kappa shape index (κ1) is 35.3. The molecule has 28 heavy (non-hydrogen) atoms. The van der Waals surface area contributed by atoms with Gasteiger partial charge in [0.05, 0.1) is 24.4 Å². The molecule has 0 heterocycles. The zero-order valence-electron chi connectivity index (χ0n) is 17.7. The summed E-state index contributed by atoms with van der Waals surface area (Å²) in [5, 5.41) is 52.7. The van der Waals surface area contributed by atoms with Crippen LogP contribution in [0.5, 0.6) is 0 Å². The Balaban J connectivity index is -0.000000165. The van der Waals surface area contributed by atoms with Gasteiger partial charge in [0.2, 0.25) is 0 Å². The van der Waals surface area contributed by atoms with Gasteiger partial charge in [0.1, 0.15) is 12.2 Å². The van der Waals surface area contributed by atoms with E-state index in [1.165, 1.54) is 0 Å². The Kier molecular flexibility index (Phi) is 29.2. The zero-order valence-corrected chi connectivity index (χ0v) is 18.7. The summed E-state index contributed by atoms with van der Waals surface area (Å²) in [4.78, 5) is 10.5. The molecule has 6 unspecified atom stereocenters. The van der Waals surface area contributed by atoms with Gasteiger partial charge in [0, 0.05) is 30.0 Å². The molecule has 0 aromatic carbocycles. The summed E-state index contributed by atoms with van der Waals surface area (Å²) in [6.07, 6.45) is -2.77. The third-order valence-corrected chi connectivity index (χ3v) is 2.85. The minimum Gasteiger partial charge on any atom is -0.393 e. The van der Waals surface area contributed by atoms with E-state index >= 15 is 0 Å². The van der Waals surface area contributed by atoms with Crippen molar-refractivity contribution in [2.24, 2.45) is 5.92 Å². The molecule has 0 aromatic heterocycles. The summed E-state index contributed by atoms with van der Waals surface area (Å²) < 4.78 is 9.49. The summed E-state index contributed by atoms with van der Waals surface area (Å²) >= 11 is 0. The summed E-state index contributed by atoms with van der Waals surface area (Å²) in [6.45, 7) is 10.5. The first-order valence-electron chi connectivity index (χ1n) is 9.19. The van der Waals surface area contributed by atoms with E-state index in [1.807, 2.05) is 0 Å². The van der Waals surface area contributed by atoms with Gasteiger partial charge in [-0.3, -0.25) is 0 Å². The van der Waals surface area contributed by atoms with E-state index in [0.29, 0.717) is 19.1 Å². The van der Waals surface area contributed by atoms with E-state index in [4.69, 9.17) is 29.9 Å². The SMILES string of the molecule is CC(O)CC(C)O.CC(O)CC(C)O.CCOC(O)C(C=O)C(O)OCC.[Co]. The Morgan fingerprint density at radius 3 is 1.04 bits per heavy atom. The predicted molar refractivity (Wildman–Crippen MR) is 101 cm³/mol. The smallest absolute Gasteiger partial charge is 0.168 e. The molecule has 0 aromatic rings. The number of carbonyl (C=O) groups excluding carboxylic acids is 1. The van der Waals surface area contributed by atoms with E-state index in [2.05, 4.69) is 0 Å². The van der Waals surface area contributed by atoms with Crippen molar-refractivity contribution in [2.75, 3.05) is 13.2 Å². The molecule has 0 aliphatic carbocycles. The first-order valence-corrected chi connectivity index (χ1v) is 9.19. The Morgan fingerprint density at radius 1 is 0.679 bits per heavy atom. The van der Waals surface area contributed by atoms with Crippen LogP contribution in [0.25, 0.3) is 0 Å². The van der Waals surface area contributed by atoms with Crippen molar-refractivity contribution in [2.45, 2.75) is 91.4 Å². The minimum absolute atomic E-state index is 0. The number of aldehydes is 1. The number of rotatable bonds is 11. The Bertz CT molecular complexity index is 277. The zero-order chi connectivity index (χ0) is 22.0. The van der Waals surface area contributed by atoms with Crippen molar-refractivity contribution in [3.8, 4) is 0 Å². The van der Waals surface area contributed by atoms with Gasteiger partial charge in [-0.15, -0.1) is 0 Å². The van der Waals surface area contributed by atoms with Crippen molar-refractivity contribution in [3.05, 3.63) is 0 Å². The summed E-state index contributed by atoms with van der Waals surface area (Å²) in [5.41, 5.74) is 0. The van der Waals surface area contributed by atoms with Gasteiger partial charge in [0.25, 0.3) is 0 Å². The van der Waals surface area contributed by atoms with Crippen LogP contribution in [0.4, 0.5) is 0 Å². The Hall–Kier alpha value is -0.144. The van der Waals surface area contributed by atoms with E-state index in [-0.39, 0.29) is 54.4 Å². The van der Waals surface area contributed by atoms with Crippen LogP contribution in [0, 0.1) is 5.92 Å². The number of aliphatic hydroxyl groups excluding tert-OH is 6. The molecule has 1 radical (unpaired) electrons. The van der Waals surface area contributed by atoms with E-state index in [1.54, 1.807) is 41.5 Å². The van der Waals surface area contributed by atoms with Crippen LogP contribution in [-0.4, -0.2) is 87.1 Å². The summed E-state index contributed by atoms with van der Waals surface area (Å²) in [6, 6.07) is 0. The van der Waals surface area contributed by atoms with Crippen LogP contribution < -0.4 is 0 Å². The molecule has 0 spiro atoms. The van der Waals surface area contributed by atoms with Gasteiger partial charge in [-0.25, -0.2) is 0 Å². The van der Waals surface area contributed by atoms with E-state index in [0.717, 1.165) is 0 Å². The molecule has 9 nitrogen and oxygen atoms in total. The molecule has 6 N–H and O–H groups in total. The fourth-order valence-electron chi connectivity index (χ4n) is 1.83. The fraction of sp³-hybridized carbons (Fsp3) is 0.944. The van der Waals surface area contributed by atoms with Crippen LogP contribution in [0.3, 0.4) is 0 Å². The number of hydrogen-bond acceptors (Lipinski definition) is 9. The molecule has 10 heteroatoms. The number of carbonyl (C=O) groups is 1. The van der Waals surface area contributed by atoms with Gasteiger partial charge >= 0.3 is 0 Å². The molecule has 0 aliphatic rings. The van der Waals surface area contributed by atoms with Gasteiger partial charge in [-0.05, 0) is 54.4 Å². The largest absolute Gasteiger partial charge is 0.393 e. The normalized spacial score (nSPS) is 17.7. The second kappa shape index (κ2) is 23.1. The molecule has 0 rings (SSSR count). The van der Waals surface area contributed by atoms with Crippen molar-refractivity contribution in [1.82, 2.24) is 0 Å². The third kappa shape index (κ3) is 28.1. The third-order valence-electron chi connectivity index (χ3n) is 2.85. The summed E-state index contributed by atoms with van der Waals surface area (Å²) in [7, 11) is 0. The fourth-order valence-corrected chi connectivity index (χ4v) is 1.83. The van der Waals surface area contributed by atoms with Crippen LogP contribution in [-0.2, 0) is 31.0 Å². The second-order valence-corrected chi connectivity index (χ2v) is 6.27. The number of ether oxygens (including phenoxy) is 2. The maximum atomic E-state index is 10.5. The molecule has 0 amide bonds. The van der Waals surface area contributed by atoms with E-state index < -0.39 is 18.5 Å². The van der Waals surface area contributed by atoms with Crippen LogP contribution in [0.1, 0.15) is 54.4 Å². The Labute approximate surface area is 178 Å². The number of aliphatic hydroxyl groups is 6. The standard InChI is InChI=1S/C8H16O5.2C5H12O2.Co/c1-3-12-7(10)6(5-9)8(11)13-4-2;2*1-4(6)3-5(2)7;/h5-8,10-11H,3-4H2,1-2H3;2*4-7H,3H2,1-2H3;. The molecular formula is C18H40CoO9. The predicted octanol–water partition coefficient (Wildman–Crippen LogP) is -0.215. The molecule has 0 fully saturated rings. The van der Waals surface area contributed by atoms with Gasteiger partial charge < -0.3 is 44.9 Å². The molecular weight excluding hydrogens is 419 g/mol. The van der Waals surface area contributed by atoms with Crippen LogP contribution in [0.2, 0.25) is 0 Å². The van der Waals surface area contributed by atoms with Crippen molar-refractivity contribution < 1.29 is 61.7 Å². The molecule has 0 saturated carbocycles. The molecule has 6 atom stereocenters. The maximum absolute atomic E-state index is 10.5. The van der Waals surface area contributed by atoms with Crippen molar-refractivity contribution in [3.63, 3.8) is 0 Å². The van der Waals surface area contributed by atoms with Gasteiger partial charge in [0.15, 0.2) is 12.6 Å². The molecule has 0 bridgehead atoms. The molecule has 0 aliphatic heterocycles. The Morgan fingerprint density at radius 2 is 0.929 bits per heavy atom. The average Bonchev–Trinajstić information content (AvgIpc) is 2.46. The van der Waals surface area contributed by atoms with Crippen LogP contribution >= 0.6 is 0 Å². The molecule has 175 valence electrons. The number of hydrogen-bond donors (Lipinski definition) is 6. The second-order valence-electron chi connectivity index (χ2n) is 6.27. The monoisotopic (exact) mass is 459 g/mol. The average molecular weight is 459 g/mol. The summed E-state index contributed by atoms with van der Waals surface area (Å²) in [5.74, 6) is -1.06. The molecule has 0 saturated heterocycles. The van der Waals surface area contributed by atoms with Crippen LogP contribution in [0.15, 0.2) is 0 Å². The van der Waals surface area contributed by atoms with E-state index in [9.17, 15) is 15.0 Å². The van der Waals surface area contributed by atoms with Gasteiger partial charge in [-0.1, -0.05) is 0 Å². The van der Waals surface area contributed by atoms with Crippen molar-refractivity contribution >= 4 is 6.29 Å². The van der Waals surface area contributed by atoms with Crippen molar-refractivity contribution in [1.29, 1.82) is 0 Å².